The standard InChI is InChI=1S/C22H20N4O/c1-15-7-9-17(10-8-15)19-14-25-20-6-4-3-5-18(20)11-21(25)22(27)26(24-19)13-16(2)12-23/h3-11,16H,13-14H2,1-2H3. The molecule has 4 rings (SSSR count). The summed E-state index contributed by atoms with van der Waals surface area (Å²) in [7, 11) is 0. The summed E-state index contributed by atoms with van der Waals surface area (Å²) in [4.78, 5) is 13.2. The Morgan fingerprint density at radius 1 is 1.19 bits per heavy atom. The second-order valence-corrected chi connectivity index (χ2v) is 7.00. The number of benzene rings is 2. The van der Waals surface area contributed by atoms with Crippen LogP contribution in [0.2, 0.25) is 0 Å². The Morgan fingerprint density at radius 3 is 2.67 bits per heavy atom. The number of carbonyl (C=O) groups is 1. The highest BCUT2D eigenvalue weighted by atomic mass is 16.2. The fourth-order valence-electron chi connectivity index (χ4n) is 3.38. The number of fused-ring (bicyclic) bond motifs is 3. The first kappa shape index (κ1) is 17.0. The van der Waals surface area contributed by atoms with Crippen LogP contribution in [0.25, 0.3) is 10.9 Å². The Hall–Kier alpha value is -3.39. The molecule has 2 aromatic carbocycles. The second-order valence-electron chi connectivity index (χ2n) is 7.00. The molecule has 0 bridgehead atoms. The minimum Gasteiger partial charge on any atom is -0.330 e. The van der Waals surface area contributed by atoms with E-state index in [0.29, 0.717) is 12.2 Å². The average molecular weight is 356 g/mol. The Bertz CT molecular complexity index is 1090. The monoisotopic (exact) mass is 356 g/mol. The molecule has 5 nitrogen and oxygen atoms in total. The lowest BCUT2D eigenvalue weighted by molar-refractivity contribution is 0.0744. The number of nitrogens with zero attached hydrogens (tertiary/aromatic N) is 4. The van der Waals surface area contributed by atoms with Gasteiger partial charge < -0.3 is 4.57 Å². The van der Waals surface area contributed by atoms with Gasteiger partial charge in [0.2, 0.25) is 0 Å². The van der Waals surface area contributed by atoms with Crippen molar-refractivity contribution < 1.29 is 4.79 Å². The fourth-order valence-corrected chi connectivity index (χ4v) is 3.38. The van der Waals surface area contributed by atoms with Crippen LogP contribution in [-0.4, -0.2) is 27.7 Å². The van der Waals surface area contributed by atoms with E-state index >= 15 is 0 Å². The smallest absolute Gasteiger partial charge is 0.290 e. The maximum atomic E-state index is 13.2. The molecular formula is C22H20N4O. The van der Waals surface area contributed by atoms with Gasteiger partial charge in [0, 0.05) is 10.9 Å². The molecule has 5 heteroatoms. The molecule has 1 unspecified atom stereocenters. The van der Waals surface area contributed by atoms with Gasteiger partial charge in [-0.25, -0.2) is 5.01 Å². The first-order valence-corrected chi connectivity index (χ1v) is 9.01. The third-order valence-electron chi connectivity index (χ3n) is 4.87. The maximum Gasteiger partial charge on any atom is 0.290 e. The first-order valence-electron chi connectivity index (χ1n) is 9.01. The first-order chi connectivity index (χ1) is 13.1. The second kappa shape index (κ2) is 6.73. The van der Waals surface area contributed by atoms with Crippen LogP contribution in [0.1, 0.15) is 28.5 Å². The van der Waals surface area contributed by atoms with E-state index in [4.69, 9.17) is 0 Å². The SMILES string of the molecule is Cc1ccc(C2=NN(CC(C)C#N)C(=O)c3cc4ccccc4n3C2)cc1. The summed E-state index contributed by atoms with van der Waals surface area (Å²) in [5, 5.41) is 16.3. The lowest BCUT2D eigenvalue weighted by atomic mass is 10.1. The minimum absolute atomic E-state index is 0.171. The van der Waals surface area contributed by atoms with E-state index in [1.807, 2.05) is 66.1 Å². The molecule has 0 N–H and O–H groups in total. The Balaban J connectivity index is 1.87. The highest BCUT2D eigenvalue weighted by Gasteiger charge is 2.27. The number of hydrogen-bond acceptors (Lipinski definition) is 3. The Morgan fingerprint density at radius 2 is 1.93 bits per heavy atom. The molecule has 0 fully saturated rings. The van der Waals surface area contributed by atoms with Gasteiger partial charge in [0.05, 0.1) is 30.8 Å². The van der Waals surface area contributed by atoms with Crippen LogP contribution in [0.4, 0.5) is 0 Å². The predicted molar refractivity (Wildman–Crippen MR) is 105 cm³/mol. The number of para-hydroxylation sites is 1. The van der Waals surface area contributed by atoms with Crippen molar-refractivity contribution in [1.82, 2.24) is 9.58 Å². The Labute approximate surface area is 158 Å². The van der Waals surface area contributed by atoms with Crippen molar-refractivity contribution in [2.45, 2.75) is 20.4 Å². The summed E-state index contributed by atoms with van der Waals surface area (Å²) in [6.07, 6.45) is 0. The molecule has 27 heavy (non-hydrogen) atoms. The van der Waals surface area contributed by atoms with Gasteiger partial charge in [0.25, 0.3) is 5.91 Å². The van der Waals surface area contributed by atoms with Crippen molar-refractivity contribution in [1.29, 1.82) is 5.26 Å². The van der Waals surface area contributed by atoms with Crippen molar-refractivity contribution in [3.8, 4) is 6.07 Å². The summed E-state index contributed by atoms with van der Waals surface area (Å²) >= 11 is 0. The molecular weight excluding hydrogens is 336 g/mol. The number of carbonyl (C=O) groups excluding carboxylic acids is 1. The minimum atomic E-state index is -0.298. The summed E-state index contributed by atoms with van der Waals surface area (Å²) in [5.74, 6) is -0.469. The van der Waals surface area contributed by atoms with Gasteiger partial charge in [-0.15, -0.1) is 0 Å². The van der Waals surface area contributed by atoms with Crippen molar-refractivity contribution >= 4 is 22.5 Å². The highest BCUT2D eigenvalue weighted by Crippen LogP contribution is 2.25. The van der Waals surface area contributed by atoms with Gasteiger partial charge in [-0.1, -0.05) is 48.0 Å². The molecule has 134 valence electrons. The van der Waals surface area contributed by atoms with E-state index < -0.39 is 0 Å². The molecule has 0 spiro atoms. The Kier molecular flexibility index (Phi) is 4.25. The zero-order chi connectivity index (χ0) is 19.0. The van der Waals surface area contributed by atoms with E-state index in [1.165, 1.54) is 10.6 Å². The zero-order valence-corrected chi connectivity index (χ0v) is 15.4. The lowest BCUT2D eigenvalue weighted by Crippen LogP contribution is -2.30. The number of hydrazone groups is 1. The van der Waals surface area contributed by atoms with Crippen molar-refractivity contribution in [2.75, 3.05) is 6.54 Å². The number of hydrogen-bond donors (Lipinski definition) is 0. The third-order valence-corrected chi connectivity index (χ3v) is 4.87. The zero-order valence-electron chi connectivity index (χ0n) is 15.4. The normalized spacial score (nSPS) is 15.1. The molecule has 1 aliphatic rings. The van der Waals surface area contributed by atoms with Crippen LogP contribution in [0.5, 0.6) is 0 Å². The van der Waals surface area contributed by atoms with Gasteiger partial charge in [0.15, 0.2) is 0 Å². The predicted octanol–water partition coefficient (Wildman–Crippen LogP) is 3.97. The summed E-state index contributed by atoms with van der Waals surface area (Å²) < 4.78 is 2.02. The van der Waals surface area contributed by atoms with Gasteiger partial charge in [-0.2, -0.15) is 10.4 Å². The third kappa shape index (κ3) is 3.11. The van der Waals surface area contributed by atoms with E-state index in [-0.39, 0.29) is 18.4 Å². The van der Waals surface area contributed by atoms with Gasteiger partial charge in [-0.05, 0) is 31.5 Å². The summed E-state index contributed by atoms with van der Waals surface area (Å²) in [6.45, 7) is 4.62. The summed E-state index contributed by atoms with van der Waals surface area (Å²) in [6, 6.07) is 20.2. The molecule has 0 radical (unpaired) electrons. The molecule has 1 amide bonds. The topological polar surface area (TPSA) is 61.4 Å². The van der Waals surface area contributed by atoms with Crippen LogP contribution in [0.3, 0.4) is 0 Å². The fraction of sp³-hybridized carbons (Fsp3) is 0.227. The highest BCUT2D eigenvalue weighted by molar-refractivity contribution is 6.06. The number of aromatic nitrogens is 1. The van der Waals surface area contributed by atoms with Gasteiger partial charge in [0.1, 0.15) is 5.69 Å². The van der Waals surface area contributed by atoms with Crippen molar-refractivity contribution in [3.63, 3.8) is 0 Å². The lowest BCUT2D eigenvalue weighted by Gasteiger charge is -2.17. The number of amides is 1. The van der Waals surface area contributed by atoms with Crippen LogP contribution >= 0.6 is 0 Å². The summed E-state index contributed by atoms with van der Waals surface area (Å²) in [5.41, 5.74) is 4.58. The van der Waals surface area contributed by atoms with Crippen molar-refractivity contribution in [3.05, 3.63) is 71.4 Å². The number of rotatable bonds is 3. The molecule has 0 aliphatic carbocycles. The van der Waals surface area contributed by atoms with Crippen LogP contribution in [0, 0.1) is 24.2 Å². The van der Waals surface area contributed by atoms with E-state index in [1.54, 1.807) is 6.92 Å². The molecule has 2 heterocycles. The van der Waals surface area contributed by atoms with Crippen LogP contribution in [-0.2, 0) is 6.54 Å². The van der Waals surface area contributed by atoms with Crippen LogP contribution in [0.15, 0.2) is 59.7 Å². The maximum absolute atomic E-state index is 13.2. The van der Waals surface area contributed by atoms with Crippen molar-refractivity contribution in [2.24, 2.45) is 11.0 Å². The molecule has 3 aromatic rings. The average Bonchev–Trinajstić information content (AvgIpc) is 2.99. The molecule has 1 atom stereocenters. The van der Waals surface area contributed by atoms with E-state index in [9.17, 15) is 10.1 Å². The largest absolute Gasteiger partial charge is 0.330 e. The van der Waals surface area contributed by atoms with E-state index in [2.05, 4.69) is 11.2 Å². The quantitative estimate of drug-likeness (QED) is 0.713. The number of aryl methyl sites for hydroxylation is 1. The molecule has 0 saturated heterocycles. The molecule has 0 saturated carbocycles. The van der Waals surface area contributed by atoms with Gasteiger partial charge >= 0.3 is 0 Å². The van der Waals surface area contributed by atoms with Gasteiger partial charge in [-0.3, -0.25) is 4.79 Å². The molecule has 1 aromatic heterocycles. The molecule has 1 aliphatic heterocycles. The van der Waals surface area contributed by atoms with Crippen LogP contribution < -0.4 is 0 Å². The number of nitriles is 1. The van der Waals surface area contributed by atoms with E-state index in [0.717, 1.165) is 22.2 Å².